The summed E-state index contributed by atoms with van der Waals surface area (Å²) < 4.78 is 0. The lowest BCUT2D eigenvalue weighted by molar-refractivity contribution is -0.00170. The Kier molecular flexibility index (Phi) is 3.39. The third-order valence-corrected chi connectivity index (χ3v) is 5.28. The third kappa shape index (κ3) is 1.96. The van der Waals surface area contributed by atoms with Crippen LogP contribution in [0.15, 0.2) is 11.6 Å². The van der Waals surface area contributed by atoms with Crippen molar-refractivity contribution in [1.82, 2.24) is 0 Å². The summed E-state index contributed by atoms with van der Waals surface area (Å²) in [5.41, 5.74) is 1.22. The summed E-state index contributed by atoms with van der Waals surface area (Å²) in [5, 5.41) is 20.5. The molecule has 0 aromatic rings. The molecule has 1 saturated carbocycles. The van der Waals surface area contributed by atoms with Crippen LogP contribution in [0.3, 0.4) is 0 Å². The molecule has 2 aliphatic carbocycles. The quantitative estimate of drug-likeness (QED) is 0.690. The number of hydrogen-bond donors (Lipinski definition) is 2. The second-order valence-corrected chi connectivity index (χ2v) is 6.58. The fraction of sp³-hybridized carbons (Fsp3) is 0.867. The van der Waals surface area contributed by atoms with Gasteiger partial charge >= 0.3 is 0 Å². The van der Waals surface area contributed by atoms with Crippen LogP contribution in [0.5, 0.6) is 0 Å². The molecule has 0 amide bonds. The van der Waals surface area contributed by atoms with Gasteiger partial charge in [0.25, 0.3) is 0 Å². The summed E-state index contributed by atoms with van der Waals surface area (Å²) in [7, 11) is 0. The first-order chi connectivity index (χ1) is 7.88. The molecule has 2 rings (SSSR count). The van der Waals surface area contributed by atoms with Crippen molar-refractivity contribution in [3.05, 3.63) is 11.6 Å². The molecule has 2 N–H and O–H groups in total. The molecular weight excluding hydrogens is 212 g/mol. The van der Waals surface area contributed by atoms with Crippen LogP contribution in [-0.2, 0) is 0 Å². The van der Waals surface area contributed by atoms with E-state index >= 15 is 0 Å². The summed E-state index contributed by atoms with van der Waals surface area (Å²) in [4.78, 5) is 0. The van der Waals surface area contributed by atoms with Crippen LogP contribution in [0, 0.1) is 23.2 Å². The van der Waals surface area contributed by atoms with E-state index in [4.69, 9.17) is 0 Å². The van der Waals surface area contributed by atoms with Crippen LogP contribution in [0.4, 0.5) is 0 Å². The van der Waals surface area contributed by atoms with Crippen LogP contribution >= 0.6 is 0 Å². The van der Waals surface area contributed by atoms with E-state index in [1.165, 1.54) is 0 Å². The Bertz CT molecular complexity index is 321. The van der Waals surface area contributed by atoms with E-state index in [9.17, 15) is 10.2 Å². The Hall–Kier alpha value is -0.340. The Balaban J connectivity index is 2.34. The third-order valence-electron chi connectivity index (χ3n) is 5.28. The van der Waals surface area contributed by atoms with Crippen molar-refractivity contribution in [2.45, 2.75) is 59.2 Å². The van der Waals surface area contributed by atoms with Gasteiger partial charge in [-0.05, 0) is 54.9 Å². The van der Waals surface area contributed by atoms with E-state index in [0.29, 0.717) is 17.8 Å². The molecule has 0 aliphatic heterocycles. The maximum absolute atomic E-state index is 10.3. The highest BCUT2D eigenvalue weighted by molar-refractivity contribution is 5.17. The molecule has 2 nitrogen and oxygen atoms in total. The molecular formula is C15H26O2. The Morgan fingerprint density at radius 3 is 2.53 bits per heavy atom. The predicted octanol–water partition coefficient (Wildman–Crippen LogP) is 2.75. The highest BCUT2D eigenvalue weighted by Crippen LogP contribution is 2.57. The van der Waals surface area contributed by atoms with Crippen molar-refractivity contribution < 1.29 is 10.2 Å². The molecule has 98 valence electrons. The lowest BCUT2D eigenvalue weighted by Gasteiger charge is -2.45. The smallest absolute Gasteiger partial charge is 0.0753 e. The molecule has 17 heavy (non-hydrogen) atoms. The highest BCUT2D eigenvalue weighted by Gasteiger charge is 2.54. The molecule has 0 heterocycles. The van der Waals surface area contributed by atoms with E-state index in [0.717, 1.165) is 24.8 Å². The number of hydrogen-bond acceptors (Lipinski definition) is 2. The van der Waals surface area contributed by atoms with Crippen LogP contribution in [-0.4, -0.2) is 22.4 Å². The monoisotopic (exact) mass is 238 g/mol. The topological polar surface area (TPSA) is 40.5 Å². The zero-order chi connectivity index (χ0) is 12.8. The van der Waals surface area contributed by atoms with Crippen LogP contribution < -0.4 is 0 Å². The average Bonchev–Trinajstić information content (AvgIpc) is 2.45. The fourth-order valence-electron chi connectivity index (χ4n) is 4.33. The zero-order valence-corrected chi connectivity index (χ0v) is 11.5. The standard InChI is InChI=1S/C15H26O2/c1-9(2)14-12(16)7-11(4)15(14)6-5-10(3)13(17)8-15/h5,9,11-14,16-17H,6-8H2,1-4H3/t11-,12+,13+,14+,15?/m0/s1. The van der Waals surface area contributed by atoms with Gasteiger partial charge in [-0.25, -0.2) is 0 Å². The summed E-state index contributed by atoms with van der Waals surface area (Å²) in [6, 6.07) is 0. The molecule has 0 bridgehead atoms. The molecule has 0 saturated heterocycles. The summed E-state index contributed by atoms with van der Waals surface area (Å²) in [5.74, 6) is 1.31. The zero-order valence-electron chi connectivity index (χ0n) is 11.5. The molecule has 2 heteroatoms. The van der Waals surface area contributed by atoms with Crippen molar-refractivity contribution in [3.63, 3.8) is 0 Å². The van der Waals surface area contributed by atoms with Gasteiger partial charge in [0.05, 0.1) is 12.2 Å². The van der Waals surface area contributed by atoms with E-state index in [1.54, 1.807) is 0 Å². The largest absolute Gasteiger partial charge is 0.393 e. The maximum atomic E-state index is 10.3. The molecule has 2 aliphatic rings. The minimum atomic E-state index is -0.308. The van der Waals surface area contributed by atoms with Gasteiger partial charge in [-0.3, -0.25) is 0 Å². The molecule has 1 unspecified atom stereocenters. The molecule has 1 fully saturated rings. The first-order valence-electron chi connectivity index (χ1n) is 6.91. The summed E-state index contributed by atoms with van der Waals surface area (Å²) in [6.45, 7) is 8.65. The van der Waals surface area contributed by atoms with Crippen molar-refractivity contribution in [3.8, 4) is 0 Å². The van der Waals surface area contributed by atoms with E-state index < -0.39 is 0 Å². The Morgan fingerprint density at radius 2 is 2.00 bits per heavy atom. The van der Waals surface area contributed by atoms with Crippen molar-refractivity contribution in [1.29, 1.82) is 0 Å². The Morgan fingerprint density at radius 1 is 1.35 bits per heavy atom. The van der Waals surface area contributed by atoms with Gasteiger partial charge in [0, 0.05) is 0 Å². The number of aliphatic hydroxyl groups is 2. The van der Waals surface area contributed by atoms with E-state index in [2.05, 4.69) is 26.8 Å². The minimum Gasteiger partial charge on any atom is -0.393 e. The molecule has 0 aromatic heterocycles. The van der Waals surface area contributed by atoms with Crippen LogP contribution in [0.2, 0.25) is 0 Å². The van der Waals surface area contributed by atoms with Crippen molar-refractivity contribution >= 4 is 0 Å². The Labute approximate surface area is 105 Å². The molecule has 0 aromatic carbocycles. The predicted molar refractivity (Wildman–Crippen MR) is 69.5 cm³/mol. The van der Waals surface area contributed by atoms with Crippen molar-refractivity contribution in [2.75, 3.05) is 0 Å². The van der Waals surface area contributed by atoms with Gasteiger partial charge in [0.2, 0.25) is 0 Å². The van der Waals surface area contributed by atoms with Gasteiger partial charge < -0.3 is 10.2 Å². The lowest BCUT2D eigenvalue weighted by Crippen LogP contribution is -2.41. The first kappa shape index (κ1) is 13.1. The van der Waals surface area contributed by atoms with Gasteiger partial charge in [0.1, 0.15) is 0 Å². The number of rotatable bonds is 1. The maximum Gasteiger partial charge on any atom is 0.0753 e. The van der Waals surface area contributed by atoms with Gasteiger partial charge in [-0.15, -0.1) is 0 Å². The number of allylic oxidation sites excluding steroid dienone is 1. The van der Waals surface area contributed by atoms with Crippen LogP contribution in [0.1, 0.15) is 47.0 Å². The molecule has 5 atom stereocenters. The normalized spacial score (nSPS) is 46.6. The van der Waals surface area contributed by atoms with E-state index in [-0.39, 0.29) is 17.6 Å². The molecule has 1 spiro atoms. The van der Waals surface area contributed by atoms with Crippen molar-refractivity contribution in [2.24, 2.45) is 23.2 Å². The second kappa shape index (κ2) is 4.40. The van der Waals surface area contributed by atoms with Crippen LogP contribution in [0.25, 0.3) is 0 Å². The lowest BCUT2D eigenvalue weighted by atomic mass is 9.61. The highest BCUT2D eigenvalue weighted by atomic mass is 16.3. The number of aliphatic hydroxyl groups excluding tert-OH is 2. The van der Waals surface area contributed by atoms with Gasteiger partial charge in [-0.2, -0.15) is 0 Å². The van der Waals surface area contributed by atoms with E-state index in [1.807, 2.05) is 6.92 Å². The summed E-state index contributed by atoms with van der Waals surface area (Å²) >= 11 is 0. The summed E-state index contributed by atoms with van der Waals surface area (Å²) in [6.07, 6.45) is 4.44. The van der Waals surface area contributed by atoms with Gasteiger partial charge in [-0.1, -0.05) is 26.8 Å². The minimum absolute atomic E-state index is 0.118. The first-order valence-corrected chi connectivity index (χ1v) is 6.91. The fourth-order valence-corrected chi connectivity index (χ4v) is 4.33. The second-order valence-electron chi connectivity index (χ2n) is 6.58. The molecule has 0 radical (unpaired) electrons. The SMILES string of the molecule is CC1=CCC2(C[C@H]1O)[C@H](C(C)C)[C@H](O)C[C@@H]2C. The van der Waals surface area contributed by atoms with Gasteiger partial charge in [0.15, 0.2) is 0 Å². The average molecular weight is 238 g/mol.